The summed E-state index contributed by atoms with van der Waals surface area (Å²) in [6, 6.07) is 5.23. The zero-order chi connectivity index (χ0) is 16.4. The molecule has 0 aromatic carbocycles. The number of nitrogens with zero attached hydrogens (tertiary/aromatic N) is 4. The molecule has 1 aliphatic heterocycles. The Bertz CT molecular complexity index is 681. The Morgan fingerprint density at radius 3 is 2.52 bits per heavy atom. The van der Waals surface area contributed by atoms with Crippen LogP contribution in [-0.4, -0.2) is 34.4 Å². The lowest BCUT2D eigenvalue weighted by molar-refractivity contribution is 0.101. The smallest absolute Gasteiger partial charge is 0.278 e. The second kappa shape index (κ2) is 5.98. The van der Waals surface area contributed by atoms with E-state index in [0.29, 0.717) is 5.88 Å². The third-order valence-corrected chi connectivity index (χ3v) is 3.83. The van der Waals surface area contributed by atoms with E-state index in [4.69, 9.17) is 4.52 Å². The second-order valence-electron chi connectivity index (χ2n) is 6.75. The molecule has 3 heterocycles. The van der Waals surface area contributed by atoms with Crippen LogP contribution in [0.2, 0.25) is 0 Å². The van der Waals surface area contributed by atoms with Gasteiger partial charge >= 0.3 is 0 Å². The Hall–Kier alpha value is -2.44. The average Bonchev–Trinajstić information content (AvgIpc) is 3.18. The van der Waals surface area contributed by atoms with Crippen molar-refractivity contribution in [3.8, 4) is 0 Å². The first kappa shape index (κ1) is 15.5. The summed E-state index contributed by atoms with van der Waals surface area (Å²) >= 11 is 0. The molecule has 1 amide bonds. The fourth-order valence-corrected chi connectivity index (χ4v) is 2.42. The number of aromatic nitrogens is 3. The molecule has 23 heavy (non-hydrogen) atoms. The maximum atomic E-state index is 12.2. The number of hydrogen-bond donors (Lipinski definition) is 1. The topological polar surface area (TPSA) is 84.2 Å². The van der Waals surface area contributed by atoms with Crippen LogP contribution in [0.15, 0.2) is 22.7 Å². The fraction of sp³-hybridized carbons (Fsp3) is 0.500. The van der Waals surface area contributed by atoms with Crippen LogP contribution in [0, 0.1) is 0 Å². The van der Waals surface area contributed by atoms with Gasteiger partial charge < -0.3 is 9.42 Å². The molecule has 1 saturated heterocycles. The van der Waals surface area contributed by atoms with E-state index in [1.165, 1.54) is 12.8 Å². The Balaban J connectivity index is 1.67. The molecule has 3 rings (SSSR count). The SMILES string of the molecule is CC(C)(C)c1cc(NC(=O)c2ccc(N3CCCC3)nn2)on1. The van der Waals surface area contributed by atoms with Gasteiger partial charge in [-0.2, -0.15) is 0 Å². The third kappa shape index (κ3) is 3.49. The minimum Gasteiger partial charge on any atom is -0.355 e. The number of rotatable bonds is 3. The van der Waals surface area contributed by atoms with Crippen LogP contribution >= 0.6 is 0 Å². The monoisotopic (exact) mass is 315 g/mol. The van der Waals surface area contributed by atoms with Gasteiger partial charge in [-0.1, -0.05) is 25.9 Å². The van der Waals surface area contributed by atoms with Gasteiger partial charge in [0.15, 0.2) is 11.5 Å². The molecule has 0 aliphatic carbocycles. The van der Waals surface area contributed by atoms with Gasteiger partial charge in [0.2, 0.25) is 5.88 Å². The maximum Gasteiger partial charge on any atom is 0.278 e. The maximum absolute atomic E-state index is 12.2. The molecule has 2 aromatic heterocycles. The van der Waals surface area contributed by atoms with Crippen LogP contribution < -0.4 is 10.2 Å². The lowest BCUT2D eigenvalue weighted by Gasteiger charge is -2.15. The van der Waals surface area contributed by atoms with Gasteiger partial charge in [-0.3, -0.25) is 10.1 Å². The Morgan fingerprint density at radius 1 is 1.22 bits per heavy atom. The number of carbonyl (C=O) groups is 1. The van der Waals surface area contributed by atoms with E-state index in [1.807, 2.05) is 26.8 Å². The number of amides is 1. The van der Waals surface area contributed by atoms with Gasteiger partial charge in [-0.25, -0.2) is 0 Å². The first-order valence-corrected chi connectivity index (χ1v) is 7.81. The van der Waals surface area contributed by atoms with Gasteiger partial charge in [0.25, 0.3) is 5.91 Å². The van der Waals surface area contributed by atoms with Gasteiger partial charge in [0.05, 0.1) is 5.69 Å². The van der Waals surface area contributed by atoms with E-state index in [-0.39, 0.29) is 17.0 Å². The molecule has 0 saturated carbocycles. The van der Waals surface area contributed by atoms with Crippen LogP contribution in [0.25, 0.3) is 0 Å². The summed E-state index contributed by atoms with van der Waals surface area (Å²) in [4.78, 5) is 14.4. The lowest BCUT2D eigenvalue weighted by Crippen LogP contribution is -2.20. The Morgan fingerprint density at radius 2 is 1.96 bits per heavy atom. The van der Waals surface area contributed by atoms with Crippen molar-refractivity contribution in [1.82, 2.24) is 15.4 Å². The zero-order valence-corrected chi connectivity index (χ0v) is 13.7. The largest absolute Gasteiger partial charge is 0.355 e. The van der Waals surface area contributed by atoms with E-state index in [9.17, 15) is 4.79 Å². The molecule has 0 bridgehead atoms. The molecular formula is C16H21N5O2. The molecule has 2 aromatic rings. The van der Waals surface area contributed by atoms with Crippen molar-refractivity contribution in [3.63, 3.8) is 0 Å². The van der Waals surface area contributed by atoms with Gasteiger partial charge in [0, 0.05) is 24.6 Å². The third-order valence-electron chi connectivity index (χ3n) is 3.83. The van der Waals surface area contributed by atoms with E-state index >= 15 is 0 Å². The molecule has 1 N–H and O–H groups in total. The number of carbonyl (C=O) groups excluding carboxylic acids is 1. The normalized spacial score (nSPS) is 15.0. The lowest BCUT2D eigenvalue weighted by atomic mass is 9.92. The Kier molecular flexibility index (Phi) is 4.02. The molecule has 122 valence electrons. The molecule has 7 nitrogen and oxygen atoms in total. The average molecular weight is 315 g/mol. The van der Waals surface area contributed by atoms with E-state index in [2.05, 4.69) is 25.6 Å². The molecule has 7 heteroatoms. The van der Waals surface area contributed by atoms with Crippen LogP contribution in [0.1, 0.15) is 49.8 Å². The molecule has 1 aliphatic rings. The van der Waals surface area contributed by atoms with Gasteiger partial charge in [-0.15, -0.1) is 10.2 Å². The summed E-state index contributed by atoms with van der Waals surface area (Å²) < 4.78 is 5.15. The molecule has 0 unspecified atom stereocenters. The number of anilines is 2. The summed E-state index contributed by atoms with van der Waals surface area (Å²) in [7, 11) is 0. The van der Waals surface area contributed by atoms with Crippen molar-refractivity contribution in [1.29, 1.82) is 0 Å². The summed E-state index contributed by atoms with van der Waals surface area (Å²) in [5.74, 6) is 0.765. The standard InChI is InChI=1S/C16H21N5O2/c1-16(2,3)12-10-14(23-20-12)17-15(22)11-6-7-13(19-18-11)21-8-4-5-9-21/h6-7,10H,4-5,8-9H2,1-3H3,(H,17,22). The molecule has 0 spiro atoms. The van der Waals surface area contributed by atoms with Crippen LogP contribution in [-0.2, 0) is 5.41 Å². The van der Waals surface area contributed by atoms with Crippen molar-refractivity contribution >= 4 is 17.6 Å². The molecule has 0 atom stereocenters. The van der Waals surface area contributed by atoms with Crippen molar-refractivity contribution in [3.05, 3.63) is 29.6 Å². The molecule has 1 fully saturated rings. The number of nitrogens with one attached hydrogen (secondary N) is 1. The van der Waals surface area contributed by atoms with Crippen molar-refractivity contribution in [2.24, 2.45) is 0 Å². The summed E-state index contributed by atoms with van der Waals surface area (Å²) in [5.41, 5.74) is 0.897. The molecular weight excluding hydrogens is 294 g/mol. The van der Waals surface area contributed by atoms with Gasteiger partial charge in [-0.05, 0) is 25.0 Å². The highest BCUT2D eigenvalue weighted by molar-refractivity contribution is 6.02. The summed E-state index contributed by atoms with van der Waals surface area (Å²) in [6.07, 6.45) is 2.34. The molecule has 0 radical (unpaired) electrons. The van der Waals surface area contributed by atoms with E-state index in [0.717, 1.165) is 24.6 Å². The highest BCUT2D eigenvalue weighted by Gasteiger charge is 2.20. The van der Waals surface area contributed by atoms with Crippen molar-refractivity contribution < 1.29 is 9.32 Å². The fourth-order valence-electron chi connectivity index (χ4n) is 2.42. The van der Waals surface area contributed by atoms with Crippen molar-refractivity contribution in [2.75, 3.05) is 23.3 Å². The van der Waals surface area contributed by atoms with Crippen molar-refractivity contribution in [2.45, 2.75) is 39.0 Å². The van der Waals surface area contributed by atoms with Crippen LogP contribution in [0.3, 0.4) is 0 Å². The zero-order valence-electron chi connectivity index (χ0n) is 13.7. The van der Waals surface area contributed by atoms with Crippen LogP contribution in [0.4, 0.5) is 11.7 Å². The predicted octanol–water partition coefficient (Wildman–Crippen LogP) is 2.61. The predicted molar refractivity (Wildman–Crippen MR) is 86.6 cm³/mol. The summed E-state index contributed by atoms with van der Waals surface area (Å²) in [6.45, 7) is 8.07. The van der Waals surface area contributed by atoms with Gasteiger partial charge in [0.1, 0.15) is 0 Å². The quantitative estimate of drug-likeness (QED) is 0.937. The minimum atomic E-state index is -0.359. The highest BCUT2D eigenvalue weighted by Crippen LogP contribution is 2.24. The van der Waals surface area contributed by atoms with E-state index in [1.54, 1.807) is 12.1 Å². The highest BCUT2D eigenvalue weighted by atomic mass is 16.5. The Labute approximate surface area is 135 Å². The minimum absolute atomic E-state index is 0.135. The van der Waals surface area contributed by atoms with Crippen LogP contribution in [0.5, 0.6) is 0 Å². The first-order valence-electron chi connectivity index (χ1n) is 7.81. The van der Waals surface area contributed by atoms with E-state index < -0.39 is 0 Å². The summed E-state index contributed by atoms with van der Waals surface area (Å²) in [5, 5.41) is 14.8. The first-order chi connectivity index (χ1) is 10.9. The second-order valence-corrected chi connectivity index (χ2v) is 6.75. The number of hydrogen-bond acceptors (Lipinski definition) is 6.